The van der Waals surface area contributed by atoms with Crippen LogP contribution in [0.4, 0.5) is 0 Å². The van der Waals surface area contributed by atoms with Crippen LogP contribution in [0.1, 0.15) is 17.2 Å². The Morgan fingerprint density at radius 1 is 1.12 bits per heavy atom. The summed E-state index contributed by atoms with van der Waals surface area (Å²) in [6.07, 6.45) is 0. The van der Waals surface area contributed by atoms with Gasteiger partial charge in [-0.05, 0) is 36.8 Å². The molecule has 6 nitrogen and oxygen atoms in total. The summed E-state index contributed by atoms with van der Waals surface area (Å²) < 4.78 is 10.7. The summed E-state index contributed by atoms with van der Waals surface area (Å²) in [5.41, 5.74) is 1.86. The van der Waals surface area contributed by atoms with E-state index >= 15 is 0 Å². The summed E-state index contributed by atoms with van der Waals surface area (Å²) in [6.45, 7) is 2.75. The lowest BCUT2D eigenvalue weighted by Gasteiger charge is -2.35. The van der Waals surface area contributed by atoms with Crippen LogP contribution < -0.4 is 14.8 Å². The number of carbonyl (C=O) groups is 2. The molecule has 1 aliphatic rings. The SMILES string of the molecule is COc1ccc(C2C(=O)NCCN2C(=O)COc2ccc(C)cc2)cc1. The number of piperazine rings is 1. The molecule has 1 atom stereocenters. The molecule has 1 fully saturated rings. The second kappa shape index (κ2) is 7.91. The minimum absolute atomic E-state index is 0.108. The van der Waals surface area contributed by atoms with Gasteiger partial charge in [-0.2, -0.15) is 0 Å². The summed E-state index contributed by atoms with van der Waals surface area (Å²) in [5, 5.41) is 2.82. The monoisotopic (exact) mass is 354 g/mol. The maximum absolute atomic E-state index is 12.7. The largest absolute Gasteiger partial charge is 0.497 e. The van der Waals surface area contributed by atoms with Crippen molar-refractivity contribution in [1.82, 2.24) is 10.2 Å². The fraction of sp³-hybridized carbons (Fsp3) is 0.300. The summed E-state index contributed by atoms with van der Waals surface area (Å²) in [6, 6.07) is 14.0. The lowest BCUT2D eigenvalue weighted by molar-refractivity contribution is -0.145. The van der Waals surface area contributed by atoms with Crippen molar-refractivity contribution in [1.29, 1.82) is 0 Å². The van der Waals surface area contributed by atoms with E-state index < -0.39 is 6.04 Å². The molecule has 6 heteroatoms. The molecule has 2 aromatic rings. The highest BCUT2D eigenvalue weighted by Gasteiger charge is 2.34. The Bertz CT molecular complexity index is 771. The van der Waals surface area contributed by atoms with Crippen molar-refractivity contribution in [2.75, 3.05) is 26.8 Å². The van der Waals surface area contributed by atoms with E-state index in [0.29, 0.717) is 24.6 Å². The van der Waals surface area contributed by atoms with Crippen molar-refractivity contribution in [2.24, 2.45) is 0 Å². The van der Waals surface area contributed by atoms with Gasteiger partial charge in [-0.1, -0.05) is 29.8 Å². The minimum atomic E-state index is -0.663. The van der Waals surface area contributed by atoms with Crippen LogP contribution in [0, 0.1) is 6.92 Å². The van der Waals surface area contributed by atoms with E-state index in [1.807, 2.05) is 31.2 Å². The van der Waals surface area contributed by atoms with E-state index in [0.717, 1.165) is 11.1 Å². The lowest BCUT2D eigenvalue weighted by Crippen LogP contribution is -2.53. The Morgan fingerprint density at radius 2 is 1.77 bits per heavy atom. The second-order valence-electron chi connectivity index (χ2n) is 6.16. The van der Waals surface area contributed by atoms with Gasteiger partial charge in [0.15, 0.2) is 6.61 Å². The summed E-state index contributed by atoms with van der Waals surface area (Å²) in [4.78, 5) is 26.7. The van der Waals surface area contributed by atoms with Gasteiger partial charge in [-0.15, -0.1) is 0 Å². The molecule has 0 radical (unpaired) electrons. The van der Waals surface area contributed by atoms with Gasteiger partial charge in [0.2, 0.25) is 5.91 Å². The molecule has 1 unspecified atom stereocenters. The van der Waals surface area contributed by atoms with Crippen molar-refractivity contribution >= 4 is 11.8 Å². The van der Waals surface area contributed by atoms with Gasteiger partial charge in [-0.25, -0.2) is 0 Å². The maximum Gasteiger partial charge on any atom is 0.261 e. The van der Waals surface area contributed by atoms with Crippen LogP contribution in [0.5, 0.6) is 11.5 Å². The molecule has 2 amide bonds. The number of hydrogen-bond donors (Lipinski definition) is 1. The van der Waals surface area contributed by atoms with Crippen LogP contribution in [-0.4, -0.2) is 43.5 Å². The highest BCUT2D eigenvalue weighted by molar-refractivity contribution is 5.90. The Labute approximate surface area is 152 Å². The van der Waals surface area contributed by atoms with E-state index in [1.165, 1.54) is 0 Å². The molecule has 1 N–H and O–H groups in total. The van der Waals surface area contributed by atoms with Crippen LogP contribution in [0.2, 0.25) is 0 Å². The van der Waals surface area contributed by atoms with Crippen LogP contribution in [0.15, 0.2) is 48.5 Å². The van der Waals surface area contributed by atoms with E-state index in [-0.39, 0.29) is 18.4 Å². The summed E-state index contributed by atoms with van der Waals surface area (Å²) in [5.74, 6) is 0.920. The van der Waals surface area contributed by atoms with Crippen molar-refractivity contribution < 1.29 is 19.1 Å². The number of benzene rings is 2. The van der Waals surface area contributed by atoms with Crippen molar-refractivity contribution in [2.45, 2.75) is 13.0 Å². The third-order valence-corrected chi connectivity index (χ3v) is 4.35. The number of hydrogen-bond acceptors (Lipinski definition) is 4. The molecule has 26 heavy (non-hydrogen) atoms. The number of nitrogens with one attached hydrogen (secondary N) is 1. The highest BCUT2D eigenvalue weighted by Crippen LogP contribution is 2.25. The first-order valence-corrected chi connectivity index (χ1v) is 8.49. The zero-order valence-corrected chi connectivity index (χ0v) is 14.9. The fourth-order valence-corrected chi connectivity index (χ4v) is 2.92. The molecule has 1 heterocycles. The molecule has 0 saturated carbocycles. The molecular formula is C20H22N2O4. The molecule has 1 saturated heterocycles. The number of rotatable bonds is 5. The second-order valence-corrected chi connectivity index (χ2v) is 6.16. The summed E-state index contributed by atoms with van der Waals surface area (Å²) >= 11 is 0. The number of aryl methyl sites for hydroxylation is 1. The third kappa shape index (κ3) is 3.96. The van der Waals surface area contributed by atoms with Gasteiger partial charge >= 0.3 is 0 Å². The normalized spacial score (nSPS) is 16.8. The topological polar surface area (TPSA) is 67.9 Å². The summed E-state index contributed by atoms with van der Waals surface area (Å²) in [7, 11) is 1.58. The number of methoxy groups -OCH3 is 1. The molecule has 1 aliphatic heterocycles. The van der Waals surface area contributed by atoms with E-state index in [9.17, 15) is 9.59 Å². The van der Waals surface area contributed by atoms with Crippen LogP contribution in [0.25, 0.3) is 0 Å². The molecule has 136 valence electrons. The Balaban J connectivity index is 1.73. The smallest absolute Gasteiger partial charge is 0.261 e. The van der Waals surface area contributed by atoms with Crippen LogP contribution >= 0.6 is 0 Å². The molecule has 0 aromatic heterocycles. The first kappa shape index (κ1) is 17.8. The van der Waals surface area contributed by atoms with Crippen molar-refractivity contribution in [3.05, 3.63) is 59.7 Å². The highest BCUT2D eigenvalue weighted by atomic mass is 16.5. The van der Waals surface area contributed by atoms with Gasteiger partial charge in [0.05, 0.1) is 7.11 Å². The number of amides is 2. The average molecular weight is 354 g/mol. The first-order chi connectivity index (χ1) is 12.6. The predicted octanol–water partition coefficient (Wildman–Crippen LogP) is 2.08. The molecular weight excluding hydrogens is 332 g/mol. The Kier molecular flexibility index (Phi) is 5.41. The number of ether oxygens (including phenoxy) is 2. The zero-order valence-electron chi connectivity index (χ0n) is 14.9. The van der Waals surface area contributed by atoms with Crippen molar-refractivity contribution in [3.8, 4) is 11.5 Å². The van der Waals surface area contributed by atoms with Crippen LogP contribution in [-0.2, 0) is 9.59 Å². The Hall–Kier alpha value is -3.02. The molecule has 0 bridgehead atoms. The van der Waals surface area contributed by atoms with Gasteiger partial charge in [0, 0.05) is 13.1 Å². The van der Waals surface area contributed by atoms with Gasteiger partial charge in [0.25, 0.3) is 5.91 Å². The van der Waals surface area contributed by atoms with Crippen LogP contribution in [0.3, 0.4) is 0 Å². The fourth-order valence-electron chi connectivity index (χ4n) is 2.92. The maximum atomic E-state index is 12.7. The molecule has 0 aliphatic carbocycles. The molecule has 3 rings (SSSR count). The first-order valence-electron chi connectivity index (χ1n) is 8.49. The molecule has 2 aromatic carbocycles. The van der Waals surface area contributed by atoms with E-state index in [4.69, 9.17) is 9.47 Å². The van der Waals surface area contributed by atoms with Gasteiger partial charge in [0.1, 0.15) is 17.5 Å². The van der Waals surface area contributed by atoms with Crippen molar-refractivity contribution in [3.63, 3.8) is 0 Å². The minimum Gasteiger partial charge on any atom is -0.497 e. The quantitative estimate of drug-likeness (QED) is 0.893. The Morgan fingerprint density at radius 3 is 2.42 bits per heavy atom. The third-order valence-electron chi connectivity index (χ3n) is 4.35. The zero-order chi connectivity index (χ0) is 18.5. The van der Waals surface area contributed by atoms with Gasteiger partial charge in [-0.3, -0.25) is 9.59 Å². The van der Waals surface area contributed by atoms with E-state index in [2.05, 4.69) is 5.32 Å². The number of carbonyl (C=O) groups excluding carboxylic acids is 2. The predicted molar refractivity (Wildman–Crippen MR) is 97.1 cm³/mol. The average Bonchev–Trinajstić information content (AvgIpc) is 2.67. The standard InChI is InChI=1S/C20H22N2O4/c1-14-3-7-17(8-4-14)26-13-18(23)22-12-11-21-20(24)19(22)15-5-9-16(25-2)10-6-15/h3-10,19H,11-13H2,1-2H3,(H,21,24). The lowest BCUT2D eigenvalue weighted by atomic mass is 10.0. The van der Waals surface area contributed by atoms with Gasteiger partial charge < -0.3 is 19.7 Å². The molecule has 0 spiro atoms. The van der Waals surface area contributed by atoms with E-state index in [1.54, 1.807) is 36.3 Å². The number of nitrogens with zero attached hydrogens (tertiary/aromatic N) is 1.